The fourth-order valence-corrected chi connectivity index (χ4v) is 2.63. The molecule has 1 amide bonds. The highest BCUT2D eigenvalue weighted by molar-refractivity contribution is 5.96. The predicted molar refractivity (Wildman–Crippen MR) is 96.0 cm³/mol. The second-order valence-corrected chi connectivity index (χ2v) is 6.29. The predicted octanol–water partition coefficient (Wildman–Crippen LogP) is 3.99. The molecule has 0 spiro atoms. The van der Waals surface area contributed by atoms with Gasteiger partial charge in [0.25, 0.3) is 5.91 Å². The number of carbonyl (C=O) groups excluding carboxylic acids is 1. The van der Waals surface area contributed by atoms with Crippen LogP contribution in [-0.2, 0) is 0 Å². The molecular weight excluding hydrogens is 300 g/mol. The fraction of sp³-hybridized carbons (Fsp3) is 0.250. The summed E-state index contributed by atoms with van der Waals surface area (Å²) in [5, 5.41) is 3.75. The zero-order chi connectivity index (χ0) is 17.1. The number of carbonyl (C=O) groups is 1. The Morgan fingerprint density at radius 2 is 1.75 bits per heavy atom. The van der Waals surface area contributed by atoms with Crippen LogP contribution < -0.4 is 11.1 Å². The third-order valence-electron chi connectivity index (χ3n) is 4.16. The first-order valence-corrected chi connectivity index (χ1v) is 8.17. The third-order valence-corrected chi connectivity index (χ3v) is 4.16. The minimum absolute atomic E-state index is 0.250. The number of nitrogens with two attached hydrogens (primary N) is 1. The molecule has 24 heavy (non-hydrogen) atoms. The van der Waals surface area contributed by atoms with E-state index < -0.39 is 0 Å². The standard InChI is InChI=1S/C20H22N2O2/c1-13(2)14-7-9-15(10-8-14)17(21)12-22-20(23)19-11-16-5-3-4-6-18(16)24-19/h3-11,13,17H,12,21H2,1-2H3,(H,22,23). The molecule has 0 saturated carbocycles. The van der Waals surface area contributed by atoms with Crippen LogP contribution in [-0.4, -0.2) is 12.5 Å². The Morgan fingerprint density at radius 1 is 1.08 bits per heavy atom. The number of amides is 1. The number of furan rings is 1. The van der Waals surface area contributed by atoms with Gasteiger partial charge in [-0.1, -0.05) is 56.3 Å². The summed E-state index contributed by atoms with van der Waals surface area (Å²) in [5.74, 6) is 0.544. The van der Waals surface area contributed by atoms with Crippen molar-refractivity contribution < 1.29 is 9.21 Å². The highest BCUT2D eigenvalue weighted by Crippen LogP contribution is 2.19. The first-order chi connectivity index (χ1) is 11.5. The number of hydrogen-bond donors (Lipinski definition) is 2. The van der Waals surface area contributed by atoms with Crippen molar-refractivity contribution in [3.05, 3.63) is 71.5 Å². The first kappa shape index (κ1) is 16.3. The third kappa shape index (κ3) is 3.49. The van der Waals surface area contributed by atoms with Crippen LogP contribution in [0.15, 0.2) is 59.0 Å². The molecule has 1 heterocycles. The summed E-state index contributed by atoms with van der Waals surface area (Å²) in [5.41, 5.74) is 9.16. The molecule has 3 N–H and O–H groups in total. The van der Waals surface area contributed by atoms with Gasteiger partial charge in [-0.2, -0.15) is 0 Å². The molecule has 4 nitrogen and oxygen atoms in total. The van der Waals surface area contributed by atoms with Crippen molar-refractivity contribution in [3.63, 3.8) is 0 Å². The van der Waals surface area contributed by atoms with Crippen LogP contribution in [0.4, 0.5) is 0 Å². The summed E-state index contributed by atoms with van der Waals surface area (Å²) in [4.78, 5) is 12.2. The van der Waals surface area contributed by atoms with Crippen molar-refractivity contribution in [1.29, 1.82) is 0 Å². The van der Waals surface area contributed by atoms with Crippen molar-refractivity contribution in [2.24, 2.45) is 5.73 Å². The van der Waals surface area contributed by atoms with Crippen molar-refractivity contribution in [3.8, 4) is 0 Å². The van der Waals surface area contributed by atoms with Gasteiger partial charge in [-0.05, 0) is 29.2 Å². The summed E-state index contributed by atoms with van der Waals surface area (Å²) >= 11 is 0. The minimum atomic E-state index is -0.250. The zero-order valence-electron chi connectivity index (χ0n) is 14.0. The minimum Gasteiger partial charge on any atom is -0.451 e. The maximum atomic E-state index is 12.2. The van der Waals surface area contributed by atoms with Crippen LogP contribution in [0.1, 0.15) is 47.5 Å². The fourth-order valence-electron chi connectivity index (χ4n) is 2.63. The molecule has 0 radical (unpaired) electrons. The molecule has 0 aliphatic carbocycles. The normalized spacial score (nSPS) is 12.5. The molecule has 4 heteroatoms. The van der Waals surface area contributed by atoms with E-state index >= 15 is 0 Å². The van der Waals surface area contributed by atoms with E-state index in [0.717, 1.165) is 10.9 Å². The lowest BCUT2D eigenvalue weighted by Crippen LogP contribution is -2.31. The lowest BCUT2D eigenvalue weighted by Gasteiger charge is -2.14. The molecule has 0 aliphatic heterocycles. The Labute approximate surface area is 141 Å². The summed E-state index contributed by atoms with van der Waals surface area (Å²) in [6.07, 6.45) is 0. The maximum Gasteiger partial charge on any atom is 0.287 e. The SMILES string of the molecule is CC(C)c1ccc(C(N)CNC(=O)c2cc3ccccc3o2)cc1. The number of rotatable bonds is 5. The molecule has 0 fully saturated rings. The number of nitrogens with one attached hydrogen (secondary N) is 1. The smallest absolute Gasteiger partial charge is 0.287 e. The van der Waals surface area contributed by atoms with Crippen LogP contribution in [0.25, 0.3) is 11.0 Å². The average Bonchev–Trinajstić information content (AvgIpc) is 3.03. The van der Waals surface area contributed by atoms with Gasteiger partial charge in [0, 0.05) is 18.0 Å². The van der Waals surface area contributed by atoms with Crippen molar-refractivity contribution >= 4 is 16.9 Å². The van der Waals surface area contributed by atoms with Gasteiger partial charge >= 0.3 is 0 Å². The lowest BCUT2D eigenvalue weighted by molar-refractivity contribution is 0.0925. The van der Waals surface area contributed by atoms with Crippen LogP contribution in [0.3, 0.4) is 0 Å². The van der Waals surface area contributed by atoms with Crippen LogP contribution in [0.5, 0.6) is 0 Å². The summed E-state index contributed by atoms with van der Waals surface area (Å²) in [6.45, 7) is 4.67. The zero-order valence-corrected chi connectivity index (χ0v) is 14.0. The second-order valence-electron chi connectivity index (χ2n) is 6.29. The Morgan fingerprint density at radius 3 is 2.42 bits per heavy atom. The van der Waals surface area contributed by atoms with Crippen molar-refractivity contribution in [1.82, 2.24) is 5.32 Å². The molecule has 3 aromatic rings. The van der Waals surface area contributed by atoms with Crippen LogP contribution >= 0.6 is 0 Å². The highest BCUT2D eigenvalue weighted by Gasteiger charge is 2.14. The Kier molecular flexibility index (Phi) is 4.67. The largest absolute Gasteiger partial charge is 0.451 e. The van der Waals surface area contributed by atoms with E-state index in [0.29, 0.717) is 23.8 Å². The first-order valence-electron chi connectivity index (χ1n) is 8.17. The van der Waals surface area contributed by atoms with Gasteiger partial charge in [-0.15, -0.1) is 0 Å². The molecular formula is C20H22N2O2. The van der Waals surface area contributed by atoms with Gasteiger partial charge in [0.2, 0.25) is 0 Å². The lowest BCUT2D eigenvalue weighted by atomic mass is 9.99. The van der Waals surface area contributed by atoms with Crippen molar-refractivity contribution in [2.75, 3.05) is 6.54 Å². The number of benzene rings is 2. The van der Waals surface area contributed by atoms with E-state index in [-0.39, 0.29) is 11.9 Å². The number of fused-ring (bicyclic) bond motifs is 1. The van der Waals surface area contributed by atoms with Gasteiger partial charge in [-0.25, -0.2) is 0 Å². The number of hydrogen-bond acceptors (Lipinski definition) is 3. The van der Waals surface area contributed by atoms with E-state index in [9.17, 15) is 4.79 Å². The quantitative estimate of drug-likeness (QED) is 0.746. The van der Waals surface area contributed by atoms with Crippen LogP contribution in [0, 0.1) is 0 Å². The van der Waals surface area contributed by atoms with Gasteiger partial charge < -0.3 is 15.5 Å². The topological polar surface area (TPSA) is 68.3 Å². The van der Waals surface area contributed by atoms with E-state index in [1.165, 1.54) is 5.56 Å². The van der Waals surface area contributed by atoms with Crippen molar-refractivity contribution in [2.45, 2.75) is 25.8 Å². The van der Waals surface area contributed by atoms with Crippen LogP contribution in [0.2, 0.25) is 0 Å². The van der Waals surface area contributed by atoms with Gasteiger partial charge in [0.15, 0.2) is 5.76 Å². The van der Waals surface area contributed by atoms with E-state index in [1.54, 1.807) is 6.07 Å². The molecule has 0 bridgehead atoms. The number of para-hydroxylation sites is 1. The summed E-state index contributed by atoms with van der Waals surface area (Å²) in [6, 6.07) is 17.3. The van der Waals surface area contributed by atoms with Gasteiger partial charge in [0.05, 0.1) is 0 Å². The molecule has 0 saturated heterocycles. The molecule has 1 atom stereocenters. The van der Waals surface area contributed by atoms with Gasteiger partial charge in [0.1, 0.15) is 5.58 Å². The highest BCUT2D eigenvalue weighted by atomic mass is 16.3. The van der Waals surface area contributed by atoms with Gasteiger partial charge in [-0.3, -0.25) is 4.79 Å². The van der Waals surface area contributed by atoms with E-state index in [4.69, 9.17) is 10.2 Å². The summed E-state index contributed by atoms with van der Waals surface area (Å²) in [7, 11) is 0. The van der Waals surface area contributed by atoms with E-state index in [1.807, 2.05) is 36.4 Å². The molecule has 0 aliphatic rings. The molecule has 1 unspecified atom stereocenters. The second kappa shape index (κ2) is 6.89. The molecule has 1 aromatic heterocycles. The molecule has 124 valence electrons. The molecule has 2 aromatic carbocycles. The molecule has 3 rings (SSSR count). The Balaban J connectivity index is 1.62. The Hall–Kier alpha value is -2.59. The average molecular weight is 322 g/mol. The maximum absolute atomic E-state index is 12.2. The monoisotopic (exact) mass is 322 g/mol. The van der Waals surface area contributed by atoms with E-state index in [2.05, 4.69) is 31.3 Å². The Bertz CT molecular complexity index is 801. The summed E-state index contributed by atoms with van der Waals surface area (Å²) < 4.78 is 5.56.